The lowest BCUT2D eigenvalue weighted by Gasteiger charge is -2.28. The van der Waals surface area contributed by atoms with Crippen LogP contribution in [0.15, 0.2) is 72.4 Å². The third-order valence-electron chi connectivity index (χ3n) is 3.73. The van der Waals surface area contributed by atoms with E-state index in [9.17, 15) is 4.79 Å². The van der Waals surface area contributed by atoms with Gasteiger partial charge >= 0.3 is 5.97 Å². The van der Waals surface area contributed by atoms with E-state index >= 15 is 0 Å². The Balaban J connectivity index is 1.82. The molecule has 0 fully saturated rings. The van der Waals surface area contributed by atoms with Crippen molar-refractivity contribution in [1.82, 2.24) is 5.32 Å². The highest BCUT2D eigenvalue weighted by Gasteiger charge is 2.40. The molecule has 0 aliphatic carbocycles. The van der Waals surface area contributed by atoms with E-state index in [4.69, 9.17) is 4.74 Å². The number of carbonyl (C=O) groups excluding carboxylic acids is 1. The van der Waals surface area contributed by atoms with Gasteiger partial charge in [-0.25, -0.2) is 4.79 Å². The van der Waals surface area contributed by atoms with E-state index in [0.29, 0.717) is 6.54 Å². The van der Waals surface area contributed by atoms with Gasteiger partial charge in [0, 0.05) is 18.2 Å². The molecule has 0 spiro atoms. The molecule has 0 aromatic heterocycles. The summed E-state index contributed by atoms with van der Waals surface area (Å²) in [5.41, 5.74) is 2.17. The first-order valence-corrected chi connectivity index (χ1v) is 6.97. The summed E-state index contributed by atoms with van der Waals surface area (Å²) in [5, 5.41) is 3.33. The van der Waals surface area contributed by atoms with E-state index in [1.165, 1.54) is 6.08 Å². The number of hydrogen-bond acceptors (Lipinski definition) is 3. The normalized spacial score (nSPS) is 20.8. The number of ether oxygens (including phenoxy) is 1. The lowest BCUT2D eigenvalue weighted by molar-refractivity contribution is -0.145. The molecule has 1 unspecified atom stereocenters. The van der Waals surface area contributed by atoms with E-state index in [1.54, 1.807) is 0 Å². The van der Waals surface area contributed by atoms with Crippen molar-refractivity contribution in [2.24, 2.45) is 0 Å². The topological polar surface area (TPSA) is 38.3 Å². The largest absolute Gasteiger partial charge is 0.445 e. The summed E-state index contributed by atoms with van der Waals surface area (Å²) in [6.45, 7) is 2.57. The first-order valence-electron chi connectivity index (χ1n) is 6.97. The van der Waals surface area contributed by atoms with Crippen LogP contribution < -0.4 is 5.32 Å². The fraction of sp³-hybridized carbons (Fsp3) is 0.167. The zero-order valence-corrected chi connectivity index (χ0v) is 11.9. The zero-order valence-electron chi connectivity index (χ0n) is 11.9. The fourth-order valence-corrected chi connectivity index (χ4v) is 2.52. The molecule has 0 bridgehead atoms. The maximum absolute atomic E-state index is 11.7. The SMILES string of the molecule is CC1(c2ccccc2)OC(=O)C=C1NCc1ccccc1. The fourth-order valence-electron chi connectivity index (χ4n) is 2.52. The smallest absolute Gasteiger partial charge is 0.333 e. The number of rotatable bonds is 4. The summed E-state index contributed by atoms with van der Waals surface area (Å²) in [7, 11) is 0. The highest BCUT2D eigenvalue weighted by molar-refractivity contribution is 5.86. The highest BCUT2D eigenvalue weighted by Crippen LogP contribution is 2.36. The Kier molecular flexibility index (Phi) is 3.48. The molecule has 1 aliphatic rings. The summed E-state index contributed by atoms with van der Waals surface area (Å²) >= 11 is 0. The molecule has 1 aliphatic heterocycles. The van der Waals surface area contributed by atoms with Crippen molar-refractivity contribution in [3.05, 3.63) is 83.6 Å². The van der Waals surface area contributed by atoms with Crippen LogP contribution in [0.5, 0.6) is 0 Å². The Hall–Kier alpha value is -2.55. The maximum Gasteiger partial charge on any atom is 0.333 e. The third kappa shape index (κ3) is 2.68. The van der Waals surface area contributed by atoms with Gasteiger partial charge < -0.3 is 10.1 Å². The Morgan fingerprint density at radius 3 is 2.29 bits per heavy atom. The summed E-state index contributed by atoms with van der Waals surface area (Å²) in [6, 6.07) is 19.9. The van der Waals surface area contributed by atoms with Crippen molar-refractivity contribution >= 4 is 5.97 Å². The van der Waals surface area contributed by atoms with E-state index in [-0.39, 0.29) is 5.97 Å². The van der Waals surface area contributed by atoms with Gasteiger partial charge in [0.25, 0.3) is 0 Å². The van der Waals surface area contributed by atoms with Gasteiger partial charge in [0.1, 0.15) is 0 Å². The lowest BCUT2D eigenvalue weighted by atomic mass is 9.93. The molecular weight excluding hydrogens is 262 g/mol. The van der Waals surface area contributed by atoms with Crippen molar-refractivity contribution in [1.29, 1.82) is 0 Å². The maximum atomic E-state index is 11.7. The second kappa shape index (κ2) is 5.44. The molecular formula is C18H17NO2. The predicted molar refractivity (Wildman–Crippen MR) is 81.3 cm³/mol. The Bertz CT molecular complexity index is 664. The molecule has 0 radical (unpaired) electrons. The van der Waals surface area contributed by atoms with Crippen LogP contribution in [0.2, 0.25) is 0 Å². The molecule has 0 saturated carbocycles. The van der Waals surface area contributed by atoms with Gasteiger partial charge in [-0.05, 0) is 12.5 Å². The Morgan fingerprint density at radius 2 is 1.62 bits per heavy atom. The quantitative estimate of drug-likeness (QED) is 0.874. The van der Waals surface area contributed by atoms with Crippen LogP contribution >= 0.6 is 0 Å². The number of benzene rings is 2. The molecule has 21 heavy (non-hydrogen) atoms. The highest BCUT2D eigenvalue weighted by atomic mass is 16.6. The van der Waals surface area contributed by atoms with Crippen molar-refractivity contribution in [2.45, 2.75) is 19.1 Å². The summed E-state index contributed by atoms with van der Waals surface area (Å²) in [5.74, 6) is -0.308. The molecule has 2 aromatic carbocycles. The van der Waals surface area contributed by atoms with Crippen LogP contribution in [-0.4, -0.2) is 5.97 Å². The molecule has 3 heteroatoms. The third-order valence-corrected chi connectivity index (χ3v) is 3.73. The molecule has 0 amide bonds. The van der Waals surface area contributed by atoms with E-state index in [0.717, 1.165) is 16.8 Å². The Labute approximate surface area is 124 Å². The second-order valence-electron chi connectivity index (χ2n) is 5.22. The van der Waals surface area contributed by atoms with Crippen LogP contribution in [0, 0.1) is 0 Å². The van der Waals surface area contributed by atoms with Crippen molar-refractivity contribution in [3.63, 3.8) is 0 Å². The number of nitrogens with one attached hydrogen (secondary N) is 1. The van der Waals surface area contributed by atoms with Crippen LogP contribution in [-0.2, 0) is 21.7 Å². The van der Waals surface area contributed by atoms with E-state index in [1.807, 2.05) is 67.6 Å². The first kappa shape index (κ1) is 13.4. The van der Waals surface area contributed by atoms with Gasteiger partial charge in [-0.1, -0.05) is 60.7 Å². The number of cyclic esters (lactones) is 1. The second-order valence-corrected chi connectivity index (χ2v) is 5.22. The average Bonchev–Trinajstić information content (AvgIpc) is 2.82. The summed E-state index contributed by atoms with van der Waals surface area (Å²) in [4.78, 5) is 11.7. The molecule has 2 aromatic rings. The van der Waals surface area contributed by atoms with Crippen LogP contribution in [0.3, 0.4) is 0 Å². The number of esters is 1. The van der Waals surface area contributed by atoms with E-state index in [2.05, 4.69) is 5.32 Å². The number of hydrogen-bond donors (Lipinski definition) is 1. The van der Waals surface area contributed by atoms with Gasteiger partial charge in [0.2, 0.25) is 0 Å². The lowest BCUT2D eigenvalue weighted by Crippen LogP contribution is -2.32. The summed E-state index contributed by atoms with van der Waals surface area (Å²) < 4.78 is 5.54. The average molecular weight is 279 g/mol. The molecule has 3 nitrogen and oxygen atoms in total. The van der Waals surface area contributed by atoms with Gasteiger partial charge in [-0.15, -0.1) is 0 Å². The van der Waals surface area contributed by atoms with Gasteiger partial charge in [-0.3, -0.25) is 0 Å². The van der Waals surface area contributed by atoms with Crippen LogP contribution in [0.1, 0.15) is 18.1 Å². The molecule has 1 heterocycles. The molecule has 3 rings (SSSR count). The van der Waals surface area contributed by atoms with E-state index < -0.39 is 5.60 Å². The minimum Gasteiger partial charge on any atom is -0.445 e. The van der Waals surface area contributed by atoms with Crippen LogP contribution in [0.25, 0.3) is 0 Å². The van der Waals surface area contributed by atoms with Gasteiger partial charge in [0.15, 0.2) is 5.60 Å². The summed E-state index contributed by atoms with van der Waals surface area (Å²) in [6.07, 6.45) is 1.54. The zero-order chi connectivity index (χ0) is 14.7. The van der Waals surface area contributed by atoms with Gasteiger partial charge in [-0.2, -0.15) is 0 Å². The molecule has 1 atom stereocenters. The minimum absolute atomic E-state index is 0.308. The monoisotopic (exact) mass is 279 g/mol. The van der Waals surface area contributed by atoms with Gasteiger partial charge in [0.05, 0.1) is 5.70 Å². The van der Waals surface area contributed by atoms with Crippen molar-refractivity contribution in [3.8, 4) is 0 Å². The Morgan fingerprint density at radius 1 is 1.00 bits per heavy atom. The van der Waals surface area contributed by atoms with Crippen molar-refractivity contribution < 1.29 is 9.53 Å². The first-order chi connectivity index (χ1) is 10.2. The van der Waals surface area contributed by atoms with Crippen molar-refractivity contribution in [2.75, 3.05) is 0 Å². The minimum atomic E-state index is -0.743. The molecule has 106 valence electrons. The predicted octanol–water partition coefficient (Wildman–Crippen LogP) is 3.13. The molecule has 1 N–H and O–H groups in total. The van der Waals surface area contributed by atoms with Crippen LogP contribution in [0.4, 0.5) is 0 Å². The molecule has 0 saturated heterocycles. The number of carbonyl (C=O) groups is 1. The standard InChI is InChI=1S/C18H17NO2/c1-18(15-10-6-3-7-11-15)16(12-17(20)21-18)19-13-14-8-4-2-5-9-14/h2-12,19H,13H2,1H3.